The summed E-state index contributed by atoms with van der Waals surface area (Å²) in [5, 5.41) is 2.35. The molecule has 12 heteroatoms. The molecule has 0 saturated carbocycles. The van der Waals surface area contributed by atoms with Gasteiger partial charge >= 0.3 is 6.36 Å². The third-order valence-corrected chi connectivity index (χ3v) is 3.88. The molecule has 0 aliphatic rings. The van der Waals surface area contributed by atoms with Gasteiger partial charge in [-0.05, 0) is 12.1 Å². The lowest BCUT2D eigenvalue weighted by molar-refractivity contribution is -0.274. The van der Waals surface area contributed by atoms with E-state index in [9.17, 15) is 21.6 Å². The van der Waals surface area contributed by atoms with Crippen LogP contribution < -0.4 is 10.1 Å². The fourth-order valence-corrected chi connectivity index (χ4v) is 2.52. The maximum Gasteiger partial charge on any atom is 0.573 e. The molecule has 2 heterocycles. The zero-order valence-corrected chi connectivity index (χ0v) is 13.8. The quantitative estimate of drug-likeness (QED) is 0.683. The first-order valence-corrected chi connectivity index (χ1v) is 8.81. The Labute approximate surface area is 145 Å². The lowest BCUT2D eigenvalue weighted by Gasteiger charge is -2.11. The number of rotatable bonds is 4. The average molecular weight is 385 g/mol. The van der Waals surface area contributed by atoms with E-state index in [1.165, 1.54) is 24.7 Å². The summed E-state index contributed by atoms with van der Waals surface area (Å²) in [5.74, 6) is -0.321. The minimum atomic E-state index is -4.82. The first-order valence-electron chi connectivity index (χ1n) is 6.92. The number of aromatic nitrogens is 4. The van der Waals surface area contributed by atoms with Crippen molar-refractivity contribution in [2.75, 3.05) is 11.6 Å². The summed E-state index contributed by atoms with van der Waals surface area (Å²) in [7, 11) is -3.66. The van der Waals surface area contributed by atoms with E-state index >= 15 is 0 Å². The number of hydrogen-bond donors (Lipinski definition) is 1. The molecule has 0 unspecified atom stereocenters. The summed E-state index contributed by atoms with van der Waals surface area (Å²) in [6, 6.07) is 5.08. The number of nitrogens with zero attached hydrogens (tertiary/aromatic N) is 4. The Hall–Kier alpha value is -3.02. The highest BCUT2D eigenvalue weighted by atomic mass is 32.2. The highest BCUT2D eigenvalue weighted by Crippen LogP contribution is 2.27. The summed E-state index contributed by atoms with van der Waals surface area (Å²) in [4.78, 5) is 15.5. The van der Waals surface area contributed by atoms with Crippen molar-refractivity contribution in [3.8, 4) is 5.75 Å². The van der Waals surface area contributed by atoms with Crippen LogP contribution in [0.4, 0.5) is 24.7 Å². The van der Waals surface area contributed by atoms with Crippen LogP contribution in [0.3, 0.4) is 0 Å². The van der Waals surface area contributed by atoms with Crippen molar-refractivity contribution in [3.05, 3.63) is 36.8 Å². The van der Waals surface area contributed by atoms with Crippen LogP contribution in [-0.2, 0) is 9.84 Å². The number of alkyl halides is 3. The van der Waals surface area contributed by atoms with Crippen LogP contribution in [0.25, 0.3) is 11.0 Å². The van der Waals surface area contributed by atoms with Crippen molar-refractivity contribution >= 4 is 32.4 Å². The summed E-state index contributed by atoms with van der Waals surface area (Å²) >= 11 is 0. The van der Waals surface area contributed by atoms with E-state index < -0.39 is 27.1 Å². The maximum atomic E-state index is 12.3. The second kappa shape index (κ2) is 6.37. The Bertz CT molecular complexity index is 1070. The molecule has 0 amide bonds. The van der Waals surface area contributed by atoms with Crippen molar-refractivity contribution in [2.45, 2.75) is 11.5 Å². The molecular formula is C14H10F3N5O3S. The fraction of sp³-hybridized carbons (Fsp3) is 0.143. The number of hydrogen-bond acceptors (Lipinski definition) is 8. The van der Waals surface area contributed by atoms with E-state index in [0.29, 0.717) is 0 Å². The molecule has 0 fully saturated rings. The van der Waals surface area contributed by atoms with Crippen molar-refractivity contribution in [3.63, 3.8) is 0 Å². The highest BCUT2D eigenvalue weighted by Gasteiger charge is 2.31. The van der Waals surface area contributed by atoms with Gasteiger partial charge in [-0.15, -0.1) is 13.2 Å². The summed E-state index contributed by atoms with van der Waals surface area (Å²) < 4.78 is 64.1. The van der Waals surface area contributed by atoms with E-state index in [0.717, 1.165) is 18.4 Å². The van der Waals surface area contributed by atoms with E-state index in [4.69, 9.17) is 0 Å². The van der Waals surface area contributed by atoms with Gasteiger partial charge in [0.15, 0.2) is 5.82 Å². The van der Waals surface area contributed by atoms with E-state index in [-0.39, 0.29) is 22.5 Å². The van der Waals surface area contributed by atoms with E-state index in [2.05, 4.69) is 30.0 Å². The van der Waals surface area contributed by atoms with Gasteiger partial charge in [0.1, 0.15) is 23.1 Å². The molecule has 0 spiro atoms. The van der Waals surface area contributed by atoms with Crippen molar-refractivity contribution in [1.82, 2.24) is 19.9 Å². The van der Waals surface area contributed by atoms with Gasteiger partial charge in [0.25, 0.3) is 0 Å². The average Bonchev–Trinajstić information content (AvgIpc) is 2.52. The Morgan fingerprint density at radius 2 is 1.92 bits per heavy atom. The standard InChI is InChI=1S/C14H10F3N5O3S/c1-26(23,24)13-18-6-10-11(22-13)12(20-7-19-10)21-8-3-2-4-9(5-8)25-14(15,16)17/h2-7H,1H3,(H,19,20,21). The molecule has 0 aliphatic carbocycles. The van der Waals surface area contributed by atoms with E-state index in [1.807, 2.05) is 0 Å². The summed E-state index contributed by atoms with van der Waals surface area (Å²) in [6.07, 6.45) is -1.47. The van der Waals surface area contributed by atoms with Gasteiger partial charge in [-0.3, -0.25) is 0 Å². The first-order chi connectivity index (χ1) is 12.1. The second-order valence-electron chi connectivity index (χ2n) is 5.08. The second-order valence-corrected chi connectivity index (χ2v) is 6.99. The highest BCUT2D eigenvalue weighted by molar-refractivity contribution is 7.90. The predicted octanol–water partition coefficient (Wildman–Crippen LogP) is 2.47. The van der Waals surface area contributed by atoms with Gasteiger partial charge < -0.3 is 10.1 Å². The van der Waals surface area contributed by atoms with Crippen LogP contribution in [0.5, 0.6) is 5.75 Å². The predicted molar refractivity (Wildman–Crippen MR) is 84.6 cm³/mol. The largest absolute Gasteiger partial charge is 0.573 e. The van der Waals surface area contributed by atoms with E-state index in [1.54, 1.807) is 0 Å². The van der Waals surface area contributed by atoms with Gasteiger partial charge in [-0.2, -0.15) is 0 Å². The zero-order chi connectivity index (χ0) is 18.9. The molecule has 3 rings (SSSR count). The monoisotopic (exact) mass is 385 g/mol. The van der Waals surface area contributed by atoms with Crippen LogP contribution in [0.1, 0.15) is 0 Å². The van der Waals surface area contributed by atoms with Gasteiger partial charge in [-0.1, -0.05) is 6.07 Å². The minimum absolute atomic E-state index is 0.102. The molecule has 3 aromatic rings. The maximum absolute atomic E-state index is 12.3. The molecular weight excluding hydrogens is 375 g/mol. The molecule has 0 bridgehead atoms. The Morgan fingerprint density at radius 1 is 1.15 bits per heavy atom. The zero-order valence-electron chi connectivity index (χ0n) is 13.0. The molecule has 0 radical (unpaired) electrons. The molecule has 2 aromatic heterocycles. The molecule has 26 heavy (non-hydrogen) atoms. The number of halogens is 3. The number of sulfone groups is 1. The molecule has 0 aliphatic heterocycles. The molecule has 0 saturated heterocycles. The lowest BCUT2D eigenvalue weighted by atomic mass is 10.3. The number of nitrogens with one attached hydrogen (secondary N) is 1. The fourth-order valence-electron chi connectivity index (χ4n) is 2.02. The Balaban J connectivity index is 2.00. The molecule has 1 N–H and O–H groups in total. The molecule has 1 aromatic carbocycles. The third kappa shape index (κ3) is 4.14. The number of ether oxygens (including phenoxy) is 1. The van der Waals surface area contributed by atoms with Crippen molar-refractivity contribution < 1.29 is 26.3 Å². The van der Waals surface area contributed by atoms with Gasteiger partial charge in [0.05, 0.1) is 6.20 Å². The number of anilines is 2. The van der Waals surface area contributed by atoms with Gasteiger partial charge in [0, 0.05) is 18.0 Å². The van der Waals surface area contributed by atoms with Gasteiger partial charge in [0.2, 0.25) is 15.0 Å². The summed E-state index contributed by atoms with van der Waals surface area (Å²) in [5.41, 5.74) is 0.592. The van der Waals surface area contributed by atoms with Crippen LogP contribution in [0.2, 0.25) is 0 Å². The van der Waals surface area contributed by atoms with Crippen LogP contribution in [0.15, 0.2) is 41.9 Å². The molecule has 0 atom stereocenters. The molecule has 8 nitrogen and oxygen atoms in total. The minimum Gasteiger partial charge on any atom is -0.406 e. The Kier molecular flexibility index (Phi) is 4.36. The SMILES string of the molecule is CS(=O)(=O)c1ncc2ncnc(Nc3cccc(OC(F)(F)F)c3)c2n1. The van der Waals surface area contributed by atoms with Crippen molar-refractivity contribution in [1.29, 1.82) is 0 Å². The van der Waals surface area contributed by atoms with Gasteiger partial charge in [-0.25, -0.2) is 28.4 Å². The van der Waals surface area contributed by atoms with Crippen LogP contribution in [-0.4, -0.2) is 41.0 Å². The first kappa shape index (κ1) is 17.8. The van der Waals surface area contributed by atoms with Crippen LogP contribution in [0, 0.1) is 0 Å². The van der Waals surface area contributed by atoms with Crippen molar-refractivity contribution in [2.24, 2.45) is 0 Å². The summed E-state index contributed by atoms with van der Waals surface area (Å²) in [6.45, 7) is 0. The normalized spacial score (nSPS) is 12.2. The topological polar surface area (TPSA) is 107 Å². The van der Waals surface area contributed by atoms with Crippen LogP contribution >= 0.6 is 0 Å². The Morgan fingerprint density at radius 3 is 2.62 bits per heavy atom. The number of benzene rings is 1. The molecule has 136 valence electrons. The number of fused-ring (bicyclic) bond motifs is 1. The smallest absolute Gasteiger partial charge is 0.406 e. The lowest BCUT2D eigenvalue weighted by Crippen LogP contribution is -2.17. The third-order valence-electron chi connectivity index (χ3n) is 3.02.